The van der Waals surface area contributed by atoms with E-state index in [-0.39, 0.29) is 5.82 Å². The van der Waals surface area contributed by atoms with Crippen LogP contribution < -0.4 is 5.32 Å². The minimum Gasteiger partial charge on any atom is -0.312 e. The minimum atomic E-state index is -0.280. The molecule has 0 spiro atoms. The van der Waals surface area contributed by atoms with Crippen LogP contribution in [0, 0.1) is 11.7 Å². The molecule has 1 aromatic carbocycles. The van der Waals surface area contributed by atoms with Crippen molar-refractivity contribution in [1.82, 2.24) is 10.2 Å². The molecule has 1 saturated heterocycles. The molecule has 0 saturated carbocycles. The fraction of sp³-hybridized carbons (Fsp3) is 0.625. The monoisotopic (exact) mass is 298 g/mol. The Morgan fingerprint density at radius 3 is 2.75 bits per heavy atom. The lowest BCUT2D eigenvalue weighted by Gasteiger charge is -2.29. The Labute approximate surface area is 126 Å². The van der Waals surface area contributed by atoms with E-state index in [1.807, 2.05) is 0 Å². The number of likely N-dealkylation sites (tertiary alicyclic amines) is 1. The average molecular weight is 299 g/mol. The van der Waals surface area contributed by atoms with Crippen LogP contribution in [0.25, 0.3) is 0 Å². The Morgan fingerprint density at radius 1 is 1.30 bits per heavy atom. The maximum absolute atomic E-state index is 12.9. The molecule has 112 valence electrons. The van der Waals surface area contributed by atoms with Crippen LogP contribution in [0.3, 0.4) is 0 Å². The Bertz CT molecular complexity index is 419. The van der Waals surface area contributed by atoms with Crippen LogP contribution in [-0.2, 0) is 6.54 Å². The molecule has 1 N–H and O–H groups in total. The summed E-state index contributed by atoms with van der Waals surface area (Å²) in [5.41, 5.74) is 0.957. The fourth-order valence-corrected chi connectivity index (χ4v) is 3.00. The number of rotatable bonds is 6. The molecule has 1 aliphatic heterocycles. The van der Waals surface area contributed by atoms with Crippen LogP contribution in [-0.4, -0.2) is 31.1 Å². The molecule has 1 unspecified atom stereocenters. The zero-order valence-corrected chi connectivity index (χ0v) is 12.9. The smallest absolute Gasteiger partial charge is 0.124 e. The molecule has 1 fully saturated rings. The van der Waals surface area contributed by atoms with Gasteiger partial charge < -0.3 is 10.2 Å². The Hall–Kier alpha value is -0.640. The molecule has 0 aliphatic carbocycles. The second-order valence-electron chi connectivity index (χ2n) is 5.83. The molecule has 0 aromatic heterocycles. The van der Waals surface area contributed by atoms with Gasteiger partial charge in [0, 0.05) is 18.1 Å². The van der Waals surface area contributed by atoms with Crippen LogP contribution in [0.4, 0.5) is 4.39 Å². The number of hydrogen-bond donors (Lipinski definition) is 1. The molecule has 4 heteroatoms. The van der Waals surface area contributed by atoms with Gasteiger partial charge in [-0.25, -0.2) is 4.39 Å². The lowest BCUT2D eigenvalue weighted by Crippen LogP contribution is -2.36. The van der Waals surface area contributed by atoms with Gasteiger partial charge in [0.2, 0.25) is 0 Å². The van der Waals surface area contributed by atoms with Gasteiger partial charge >= 0.3 is 0 Å². The number of nitrogens with one attached hydrogen (secondary N) is 1. The largest absolute Gasteiger partial charge is 0.312 e. The number of piperidine rings is 1. The van der Waals surface area contributed by atoms with Crippen molar-refractivity contribution in [1.29, 1.82) is 0 Å². The Morgan fingerprint density at radius 2 is 2.05 bits per heavy atom. The normalized spacial score (nSPS) is 18.1. The highest BCUT2D eigenvalue weighted by atomic mass is 35.5. The minimum absolute atomic E-state index is 0.280. The van der Waals surface area contributed by atoms with Crippen molar-refractivity contribution in [3.8, 4) is 0 Å². The van der Waals surface area contributed by atoms with Gasteiger partial charge in [-0.15, -0.1) is 0 Å². The van der Waals surface area contributed by atoms with E-state index in [9.17, 15) is 4.39 Å². The Balaban J connectivity index is 1.69. The van der Waals surface area contributed by atoms with Crippen LogP contribution in [0.5, 0.6) is 0 Å². The van der Waals surface area contributed by atoms with Gasteiger partial charge in [0.1, 0.15) is 5.82 Å². The lowest BCUT2D eigenvalue weighted by atomic mass is 10.1. The zero-order chi connectivity index (χ0) is 14.4. The van der Waals surface area contributed by atoms with Crippen LogP contribution in [0.2, 0.25) is 5.02 Å². The van der Waals surface area contributed by atoms with Crippen LogP contribution in [0.15, 0.2) is 18.2 Å². The molecule has 1 atom stereocenters. The number of nitrogens with zero attached hydrogens (tertiary/aromatic N) is 1. The summed E-state index contributed by atoms with van der Waals surface area (Å²) in [6, 6.07) is 4.58. The Kier molecular flexibility index (Phi) is 6.27. The van der Waals surface area contributed by atoms with E-state index in [1.54, 1.807) is 6.07 Å². The number of halogens is 2. The van der Waals surface area contributed by atoms with Crippen molar-refractivity contribution in [2.24, 2.45) is 5.92 Å². The van der Waals surface area contributed by atoms with E-state index in [0.717, 1.165) is 18.7 Å². The number of benzene rings is 1. The second kappa shape index (κ2) is 7.96. The topological polar surface area (TPSA) is 15.3 Å². The molecular formula is C16H24ClFN2. The van der Waals surface area contributed by atoms with Crippen LogP contribution >= 0.6 is 11.6 Å². The lowest BCUT2D eigenvalue weighted by molar-refractivity contribution is 0.199. The summed E-state index contributed by atoms with van der Waals surface area (Å²) in [6.07, 6.45) is 4.06. The number of hydrogen-bond acceptors (Lipinski definition) is 2. The summed E-state index contributed by atoms with van der Waals surface area (Å²) < 4.78 is 12.9. The first-order chi connectivity index (χ1) is 9.65. The van der Waals surface area contributed by atoms with Crippen molar-refractivity contribution >= 4 is 11.6 Å². The molecule has 0 radical (unpaired) electrons. The second-order valence-corrected chi connectivity index (χ2v) is 6.24. The summed E-state index contributed by atoms with van der Waals surface area (Å²) in [6.45, 7) is 7.58. The zero-order valence-electron chi connectivity index (χ0n) is 12.2. The van der Waals surface area contributed by atoms with E-state index in [2.05, 4.69) is 17.1 Å². The van der Waals surface area contributed by atoms with Crippen molar-refractivity contribution in [3.05, 3.63) is 34.6 Å². The van der Waals surface area contributed by atoms with E-state index < -0.39 is 0 Å². The quantitative estimate of drug-likeness (QED) is 0.861. The highest BCUT2D eigenvalue weighted by molar-refractivity contribution is 6.31. The molecule has 2 rings (SSSR count). The van der Waals surface area contributed by atoms with E-state index in [4.69, 9.17) is 11.6 Å². The third kappa shape index (κ3) is 5.04. The third-order valence-electron chi connectivity index (χ3n) is 3.84. The molecular weight excluding hydrogens is 275 g/mol. The predicted molar refractivity (Wildman–Crippen MR) is 82.6 cm³/mol. The van der Waals surface area contributed by atoms with E-state index in [0.29, 0.717) is 17.5 Å². The average Bonchev–Trinajstić information content (AvgIpc) is 2.42. The van der Waals surface area contributed by atoms with Gasteiger partial charge in [-0.05, 0) is 56.1 Å². The summed E-state index contributed by atoms with van der Waals surface area (Å²) >= 11 is 6.01. The van der Waals surface area contributed by atoms with Crippen molar-refractivity contribution in [2.45, 2.75) is 32.7 Å². The van der Waals surface area contributed by atoms with Gasteiger partial charge in [-0.1, -0.05) is 31.0 Å². The molecule has 20 heavy (non-hydrogen) atoms. The summed E-state index contributed by atoms with van der Waals surface area (Å²) in [5, 5.41) is 3.92. The van der Waals surface area contributed by atoms with E-state index >= 15 is 0 Å². The van der Waals surface area contributed by atoms with Gasteiger partial charge in [-0.2, -0.15) is 0 Å². The van der Waals surface area contributed by atoms with E-state index in [1.165, 1.54) is 44.5 Å². The molecule has 0 bridgehead atoms. The standard InChI is InChI=1S/C16H24ClFN2/c1-13(12-20-7-3-2-4-8-20)10-19-11-14-5-6-15(18)9-16(14)17/h5-6,9,13,19H,2-4,7-8,10-12H2,1H3. The van der Waals surface area contributed by atoms with Gasteiger partial charge in [0.05, 0.1) is 0 Å². The predicted octanol–water partition coefficient (Wildman–Crippen LogP) is 3.69. The highest BCUT2D eigenvalue weighted by Crippen LogP contribution is 2.17. The first kappa shape index (κ1) is 15.7. The van der Waals surface area contributed by atoms with Crippen molar-refractivity contribution < 1.29 is 4.39 Å². The van der Waals surface area contributed by atoms with Gasteiger partial charge in [0.15, 0.2) is 0 Å². The molecule has 1 aromatic rings. The summed E-state index contributed by atoms with van der Waals surface area (Å²) in [5.74, 6) is 0.338. The summed E-state index contributed by atoms with van der Waals surface area (Å²) in [4.78, 5) is 2.56. The molecule has 1 aliphatic rings. The molecule has 2 nitrogen and oxygen atoms in total. The highest BCUT2D eigenvalue weighted by Gasteiger charge is 2.13. The van der Waals surface area contributed by atoms with Crippen molar-refractivity contribution in [2.75, 3.05) is 26.2 Å². The molecule has 1 heterocycles. The maximum atomic E-state index is 12.9. The third-order valence-corrected chi connectivity index (χ3v) is 4.19. The van der Waals surface area contributed by atoms with Crippen molar-refractivity contribution in [3.63, 3.8) is 0 Å². The maximum Gasteiger partial charge on any atom is 0.124 e. The van der Waals surface area contributed by atoms with Gasteiger partial charge in [-0.3, -0.25) is 0 Å². The SMILES string of the molecule is CC(CNCc1ccc(F)cc1Cl)CN1CCCCC1. The fourth-order valence-electron chi connectivity index (χ4n) is 2.77. The molecule has 0 amide bonds. The van der Waals surface area contributed by atoms with Gasteiger partial charge in [0.25, 0.3) is 0 Å². The first-order valence-electron chi connectivity index (χ1n) is 7.52. The van der Waals surface area contributed by atoms with Crippen LogP contribution in [0.1, 0.15) is 31.7 Å². The summed E-state index contributed by atoms with van der Waals surface area (Å²) in [7, 11) is 0. The first-order valence-corrected chi connectivity index (χ1v) is 7.90.